The van der Waals surface area contributed by atoms with Crippen molar-refractivity contribution in [3.63, 3.8) is 0 Å². The monoisotopic (exact) mass is 486 g/mol. The summed E-state index contributed by atoms with van der Waals surface area (Å²) in [5, 5.41) is 8.78. The number of benzene rings is 2. The van der Waals surface area contributed by atoms with Crippen molar-refractivity contribution in [2.75, 3.05) is 6.61 Å². The van der Waals surface area contributed by atoms with Gasteiger partial charge >= 0.3 is 0 Å². The summed E-state index contributed by atoms with van der Waals surface area (Å²) in [7, 11) is 0. The lowest BCUT2D eigenvalue weighted by atomic mass is 10.0. The molecule has 0 amide bonds. The molecule has 1 N–H and O–H groups in total. The molecule has 0 saturated carbocycles. The summed E-state index contributed by atoms with van der Waals surface area (Å²) in [6.45, 7) is 4.39. The van der Waals surface area contributed by atoms with Gasteiger partial charge in [-0.1, -0.05) is 45.7 Å². The van der Waals surface area contributed by atoms with Gasteiger partial charge < -0.3 is 4.74 Å². The van der Waals surface area contributed by atoms with Crippen LogP contribution in [0, 0.1) is 13.8 Å². The Morgan fingerprint density at radius 3 is 2.90 bits per heavy atom. The van der Waals surface area contributed by atoms with Crippen LogP contribution in [0.15, 0.2) is 58.1 Å². The van der Waals surface area contributed by atoms with Crippen LogP contribution >= 0.6 is 27.5 Å². The maximum absolute atomic E-state index is 6.08. The predicted molar refractivity (Wildman–Crippen MR) is 120 cm³/mol. The molecule has 8 heteroatoms. The van der Waals surface area contributed by atoms with Crippen LogP contribution < -0.4 is 10.2 Å². The van der Waals surface area contributed by atoms with Crippen LogP contribution in [-0.2, 0) is 11.3 Å². The lowest BCUT2D eigenvalue weighted by Gasteiger charge is -2.24. The third-order valence-electron chi connectivity index (χ3n) is 4.67. The lowest BCUT2D eigenvalue weighted by Crippen LogP contribution is -2.37. The number of rotatable bonds is 5. The molecule has 0 aliphatic carbocycles. The van der Waals surface area contributed by atoms with E-state index in [-0.39, 0.29) is 6.04 Å². The van der Waals surface area contributed by atoms with Crippen molar-refractivity contribution in [3.8, 4) is 11.5 Å². The molecule has 0 fully saturated rings. The number of aryl methyl sites for hydroxylation is 2. The summed E-state index contributed by atoms with van der Waals surface area (Å²) in [5.41, 5.74) is 6.69. The van der Waals surface area contributed by atoms with Crippen LogP contribution in [0.2, 0.25) is 5.02 Å². The molecule has 0 saturated heterocycles. The first kappa shape index (κ1) is 20.8. The molecule has 0 spiro atoms. The third kappa shape index (κ3) is 4.80. The average molecular weight is 488 g/mol. The summed E-state index contributed by atoms with van der Waals surface area (Å²) in [6, 6.07) is 13.5. The first-order valence-corrected chi connectivity index (χ1v) is 10.6. The maximum Gasteiger partial charge on any atom is 0.160 e. The number of nitrogens with zero attached hydrogens (tertiary/aromatic N) is 3. The smallest absolute Gasteiger partial charge is 0.160 e. The number of hydrogen-bond donors (Lipinski definition) is 1. The zero-order valence-corrected chi connectivity index (χ0v) is 18.9. The van der Waals surface area contributed by atoms with E-state index in [2.05, 4.69) is 56.7 Å². The van der Waals surface area contributed by atoms with Gasteiger partial charge in [0, 0.05) is 9.50 Å². The van der Waals surface area contributed by atoms with Crippen LogP contribution in [0.1, 0.15) is 22.4 Å². The average Bonchev–Trinajstić information content (AvgIpc) is 2.71. The topological polar surface area (TPSA) is 68.6 Å². The van der Waals surface area contributed by atoms with Gasteiger partial charge in [0.05, 0.1) is 30.1 Å². The zero-order chi connectivity index (χ0) is 21.1. The maximum atomic E-state index is 6.08. The minimum absolute atomic E-state index is 0.0492. The second-order valence-corrected chi connectivity index (χ2v) is 8.36. The molecule has 2 aromatic carbocycles. The van der Waals surface area contributed by atoms with Crippen molar-refractivity contribution in [1.82, 2.24) is 15.7 Å². The van der Waals surface area contributed by atoms with E-state index in [1.807, 2.05) is 19.1 Å². The van der Waals surface area contributed by atoms with Gasteiger partial charge in [0.2, 0.25) is 0 Å². The van der Waals surface area contributed by atoms with Gasteiger partial charge in [-0.05, 0) is 55.7 Å². The highest BCUT2D eigenvalue weighted by Crippen LogP contribution is 2.29. The number of hydrogen-bond acceptors (Lipinski definition) is 6. The van der Waals surface area contributed by atoms with Crippen molar-refractivity contribution < 1.29 is 9.57 Å². The van der Waals surface area contributed by atoms with Gasteiger partial charge in [-0.15, -0.1) is 0 Å². The fourth-order valence-corrected chi connectivity index (χ4v) is 4.06. The van der Waals surface area contributed by atoms with Crippen molar-refractivity contribution in [2.24, 2.45) is 4.99 Å². The molecule has 4 rings (SSSR count). The quantitative estimate of drug-likeness (QED) is 0.536. The summed E-state index contributed by atoms with van der Waals surface area (Å²) >= 11 is 9.73. The normalized spacial score (nSPS) is 16.0. The summed E-state index contributed by atoms with van der Waals surface area (Å²) in [5.74, 6) is 1.70. The molecule has 1 aromatic heterocycles. The van der Waals surface area contributed by atoms with Gasteiger partial charge in [-0.3, -0.25) is 9.83 Å². The van der Waals surface area contributed by atoms with Gasteiger partial charge in [0.25, 0.3) is 0 Å². The molecular weight excluding hydrogens is 468 g/mol. The summed E-state index contributed by atoms with van der Waals surface area (Å²) in [6.07, 6.45) is 2.31. The van der Waals surface area contributed by atoms with Crippen LogP contribution in [0.25, 0.3) is 0 Å². The van der Waals surface area contributed by atoms with Gasteiger partial charge in [0.1, 0.15) is 5.75 Å². The lowest BCUT2D eigenvalue weighted by molar-refractivity contribution is 0.0622. The Morgan fingerprint density at radius 1 is 1.23 bits per heavy atom. The molecule has 1 unspecified atom stereocenters. The van der Waals surface area contributed by atoms with Crippen molar-refractivity contribution in [3.05, 3.63) is 80.5 Å². The minimum Gasteiger partial charge on any atom is -0.455 e. The molecule has 1 atom stereocenters. The first-order valence-electron chi connectivity index (χ1n) is 9.46. The SMILES string of the molecule is Cc1ccc(CC2CONC(c3c(Oc4cccc(Cl)c4)cnnc3C)=N2)c(Br)c1. The van der Waals surface area contributed by atoms with Crippen molar-refractivity contribution in [2.45, 2.75) is 26.3 Å². The van der Waals surface area contributed by atoms with Crippen LogP contribution in [-0.4, -0.2) is 28.7 Å². The third-order valence-corrected chi connectivity index (χ3v) is 5.65. The number of nitrogens with one attached hydrogen (secondary N) is 1. The molecule has 154 valence electrons. The number of hydroxylamine groups is 1. The van der Waals surface area contributed by atoms with Crippen molar-refractivity contribution >= 4 is 33.4 Å². The van der Waals surface area contributed by atoms with Gasteiger partial charge in [-0.2, -0.15) is 10.2 Å². The van der Waals surface area contributed by atoms with E-state index in [4.69, 9.17) is 26.2 Å². The Morgan fingerprint density at radius 2 is 2.10 bits per heavy atom. The Balaban J connectivity index is 1.64. The van der Waals surface area contributed by atoms with Crippen LogP contribution in [0.3, 0.4) is 0 Å². The van der Waals surface area contributed by atoms with E-state index < -0.39 is 0 Å². The van der Waals surface area contributed by atoms with Gasteiger partial charge in [-0.25, -0.2) is 5.48 Å². The van der Waals surface area contributed by atoms with Crippen LogP contribution in [0.5, 0.6) is 11.5 Å². The summed E-state index contributed by atoms with van der Waals surface area (Å²) in [4.78, 5) is 10.5. The number of aromatic nitrogens is 2. The number of aliphatic imine (C=N–C) groups is 1. The molecular formula is C22H20BrClN4O2. The minimum atomic E-state index is -0.0492. The fraction of sp³-hybridized carbons (Fsp3) is 0.227. The van der Waals surface area contributed by atoms with E-state index in [0.29, 0.717) is 40.2 Å². The van der Waals surface area contributed by atoms with Crippen LogP contribution in [0.4, 0.5) is 0 Å². The number of amidine groups is 1. The number of halogens is 2. The molecule has 2 heterocycles. The highest BCUT2D eigenvalue weighted by Gasteiger charge is 2.23. The first-order chi connectivity index (χ1) is 14.5. The fourth-order valence-electron chi connectivity index (χ4n) is 3.23. The molecule has 0 bridgehead atoms. The largest absolute Gasteiger partial charge is 0.455 e. The van der Waals surface area contributed by atoms with E-state index in [1.54, 1.807) is 18.3 Å². The van der Waals surface area contributed by atoms with E-state index in [0.717, 1.165) is 10.9 Å². The molecule has 3 aromatic rings. The Kier molecular flexibility index (Phi) is 6.32. The zero-order valence-electron chi connectivity index (χ0n) is 16.5. The van der Waals surface area contributed by atoms with Gasteiger partial charge in [0.15, 0.2) is 11.6 Å². The molecule has 1 aliphatic rings. The number of ether oxygens (including phenoxy) is 1. The highest BCUT2D eigenvalue weighted by molar-refractivity contribution is 9.10. The molecule has 30 heavy (non-hydrogen) atoms. The predicted octanol–water partition coefficient (Wildman–Crippen LogP) is 5.19. The van der Waals surface area contributed by atoms with E-state index in [9.17, 15) is 0 Å². The Bertz CT molecular complexity index is 1110. The Hall–Kier alpha value is -2.48. The highest BCUT2D eigenvalue weighted by atomic mass is 79.9. The van der Waals surface area contributed by atoms with E-state index in [1.165, 1.54) is 11.1 Å². The molecule has 6 nitrogen and oxygen atoms in total. The van der Waals surface area contributed by atoms with E-state index >= 15 is 0 Å². The summed E-state index contributed by atoms with van der Waals surface area (Å²) < 4.78 is 7.11. The standard InChI is InChI=1S/C22H20BrClN4O2/c1-13-6-7-15(19(23)8-13)9-17-12-29-28-22(26-17)21-14(2)27-25-11-20(21)30-18-5-3-4-16(24)10-18/h3-8,10-11,17H,9,12H2,1-2H3,(H,26,28). The second kappa shape index (κ2) is 9.12. The molecule has 1 aliphatic heterocycles. The molecule has 0 radical (unpaired) electrons. The second-order valence-electron chi connectivity index (χ2n) is 7.07. The van der Waals surface area contributed by atoms with Crippen molar-refractivity contribution in [1.29, 1.82) is 0 Å². The Labute approximate surface area is 188 Å².